The zero-order chi connectivity index (χ0) is 68.2. The molecule has 0 aromatic heterocycles. The Morgan fingerprint density at radius 3 is 0.634 bits per heavy atom. The van der Waals surface area contributed by atoms with Crippen LogP contribution >= 0.6 is 15.6 Å². The SMILES string of the molecule is CCCCCCCCCCCCCCCCCCCC(=O)O[C@H](COC(=O)CCCCCCCCCCCCCCCC)COP(=O)(O)OC[C@@H](O)COP(=O)(O)OC[C@@H](COC(=O)CCCCCCCCCC)OC(=O)CCCCCCCCCCCCCCCC. The molecule has 93 heavy (non-hydrogen) atoms. The highest BCUT2D eigenvalue weighted by Crippen LogP contribution is 2.45. The van der Waals surface area contributed by atoms with Gasteiger partial charge in [-0.25, -0.2) is 9.13 Å². The number of esters is 4. The second-order valence-corrected chi connectivity index (χ2v) is 29.6. The summed E-state index contributed by atoms with van der Waals surface area (Å²) in [5.41, 5.74) is 0. The first-order valence-electron chi connectivity index (χ1n) is 38.8. The van der Waals surface area contributed by atoms with Crippen LogP contribution in [0, 0.1) is 0 Å². The van der Waals surface area contributed by atoms with Gasteiger partial charge in [0.25, 0.3) is 0 Å². The molecule has 0 aliphatic heterocycles. The van der Waals surface area contributed by atoms with Crippen LogP contribution in [0.4, 0.5) is 0 Å². The number of carbonyl (C=O) groups excluding carboxylic acids is 4. The molecular weight excluding hydrogens is 1220 g/mol. The summed E-state index contributed by atoms with van der Waals surface area (Å²) in [6.45, 7) is 4.96. The topological polar surface area (TPSA) is 237 Å². The molecule has 0 saturated heterocycles. The maximum atomic E-state index is 13.1. The lowest BCUT2D eigenvalue weighted by Crippen LogP contribution is -2.30. The largest absolute Gasteiger partial charge is 0.472 e. The van der Waals surface area contributed by atoms with Crippen molar-refractivity contribution in [1.82, 2.24) is 0 Å². The van der Waals surface area contributed by atoms with E-state index in [1.165, 1.54) is 225 Å². The summed E-state index contributed by atoms with van der Waals surface area (Å²) in [6.07, 6.45) is 58.2. The fourth-order valence-electron chi connectivity index (χ4n) is 11.4. The van der Waals surface area contributed by atoms with Crippen molar-refractivity contribution in [3.63, 3.8) is 0 Å². The predicted octanol–water partition coefficient (Wildman–Crippen LogP) is 21.8. The van der Waals surface area contributed by atoms with Crippen molar-refractivity contribution >= 4 is 39.5 Å². The van der Waals surface area contributed by atoms with Crippen LogP contribution in [-0.2, 0) is 65.4 Å². The first kappa shape index (κ1) is 91.1. The van der Waals surface area contributed by atoms with Crippen molar-refractivity contribution in [2.75, 3.05) is 39.6 Å². The summed E-state index contributed by atoms with van der Waals surface area (Å²) in [5.74, 6) is -2.11. The second-order valence-electron chi connectivity index (χ2n) is 26.7. The molecule has 0 aliphatic rings. The lowest BCUT2D eigenvalue weighted by molar-refractivity contribution is -0.161. The number of aliphatic hydroxyl groups excluding tert-OH is 1. The van der Waals surface area contributed by atoms with E-state index in [0.29, 0.717) is 25.7 Å². The normalized spacial score (nSPS) is 13.9. The van der Waals surface area contributed by atoms with Gasteiger partial charge >= 0.3 is 39.5 Å². The molecule has 5 atom stereocenters. The highest BCUT2D eigenvalue weighted by molar-refractivity contribution is 7.47. The maximum absolute atomic E-state index is 13.1. The monoisotopic (exact) mass is 1370 g/mol. The van der Waals surface area contributed by atoms with Crippen LogP contribution in [-0.4, -0.2) is 96.7 Å². The molecule has 0 aliphatic carbocycles. The van der Waals surface area contributed by atoms with Gasteiger partial charge in [-0.15, -0.1) is 0 Å². The second kappa shape index (κ2) is 68.6. The first-order valence-corrected chi connectivity index (χ1v) is 41.8. The van der Waals surface area contributed by atoms with Crippen molar-refractivity contribution in [3.05, 3.63) is 0 Å². The predicted molar refractivity (Wildman–Crippen MR) is 377 cm³/mol. The minimum absolute atomic E-state index is 0.108. The number of hydrogen-bond donors (Lipinski definition) is 3. The third-order valence-electron chi connectivity index (χ3n) is 17.4. The third kappa shape index (κ3) is 68.4. The van der Waals surface area contributed by atoms with Crippen LogP contribution in [0.2, 0.25) is 0 Å². The Kier molecular flexibility index (Phi) is 67.1. The Labute approximate surface area is 568 Å². The van der Waals surface area contributed by atoms with E-state index in [1.807, 2.05) is 0 Å². The van der Waals surface area contributed by atoms with Gasteiger partial charge in [-0.1, -0.05) is 342 Å². The Balaban J connectivity index is 5.21. The number of unbranched alkanes of at least 4 members (excludes halogenated alkanes) is 49. The molecule has 0 saturated carbocycles. The summed E-state index contributed by atoms with van der Waals surface area (Å²) in [7, 11) is -9.90. The van der Waals surface area contributed by atoms with Gasteiger partial charge in [0, 0.05) is 25.7 Å². The average molecular weight is 1370 g/mol. The van der Waals surface area contributed by atoms with Gasteiger partial charge in [0.15, 0.2) is 12.2 Å². The lowest BCUT2D eigenvalue weighted by Gasteiger charge is -2.21. The van der Waals surface area contributed by atoms with Crippen LogP contribution in [0.1, 0.15) is 394 Å². The molecule has 19 heteroatoms. The van der Waals surface area contributed by atoms with Crippen molar-refractivity contribution < 1.29 is 80.2 Å². The molecule has 0 rings (SSSR count). The van der Waals surface area contributed by atoms with Gasteiger partial charge in [0.2, 0.25) is 0 Å². The highest BCUT2D eigenvalue weighted by Gasteiger charge is 2.30. The number of carbonyl (C=O) groups is 4. The Morgan fingerprint density at radius 2 is 0.430 bits per heavy atom. The molecule has 0 aromatic carbocycles. The maximum Gasteiger partial charge on any atom is 0.472 e. The van der Waals surface area contributed by atoms with Crippen LogP contribution in [0.25, 0.3) is 0 Å². The fraction of sp³-hybridized carbons (Fsp3) is 0.946. The van der Waals surface area contributed by atoms with E-state index in [2.05, 4.69) is 27.7 Å². The summed E-state index contributed by atoms with van der Waals surface area (Å²) >= 11 is 0. The summed E-state index contributed by atoms with van der Waals surface area (Å²) in [4.78, 5) is 72.7. The highest BCUT2D eigenvalue weighted by atomic mass is 31.2. The van der Waals surface area contributed by atoms with Gasteiger partial charge in [0.05, 0.1) is 26.4 Å². The molecule has 17 nitrogen and oxygen atoms in total. The number of phosphoric acid groups is 2. The molecule has 0 spiro atoms. The molecular formula is C74H144O17P2. The number of phosphoric ester groups is 2. The third-order valence-corrected chi connectivity index (χ3v) is 19.3. The van der Waals surface area contributed by atoms with E-state index in [4.69, 9.17) is 37.0 Å². The lowest BCUT2D eigenvalue weighted by atomic mass is 10.0. The van der Waals surface area contributed by atoms with Crippen LogP contribution < -0.4 is 0 Å². The quantitative estimate of drug-likeness (QED) is 0.0222. The molecule has 2 unspecified atom stereocenters. The van der Waals surface area contributed by atoms with Crippen molar-refractivity contribution in [3.8, 4) is 0 Å². The van der Waals surface area contributed by atoms with E-state index in [1.54, 1.807) is 0 Å². The summed E-state index contributed by atoms with van der Waals surface area (Å²) < 4.78 is 68.4. The molecule has 552 valence electrons. The van der Waals surface area contributed by atoms with Gasteiger partial charge in [-0.3, -0.25) is 37.3 Å². The number of hydrogen-bond acceptors (Lipinski definition) is 15. The molecule has 3 N–H and O–H groups in total. The van der Waals surface area contributed by atoms with E-state index in [-0.39, 0.29) is 25.7 Å². The summed E-state index contributed by atoms with van der Waals surface area (Å²) in [6, 6.07) is 0. The van der Waals surface area contributed by atoms with Gasteiger partial charge in [-0.2, -0.15) is 0 Å². The van der Waals surface area contributed by atoms with E-state index < -0.39 is 97.5 Å². The van der Waals surface area contributed by atoms with Crippen molar-refractivity contribution in [2.24, 2.45) is 0 Å². The van der Waals surface area contributed by atoms with Crippen molar-refractivity contribution in [1.29, 1.82) is 0 Å². The molecule has 0 aromatic rings. The van der Waals surface area contributed by atoms with E-state index >= 15 is 0 Å². The van der Waals surface area contributed by atoms with Crippen LogP contribution in [0.15, 0.2) is 0 Å². The minimum Gasteiger partial charge on any atom is -0.462 e. The summed E-state index contributed by atoms with van der Waals surface area (Å²) in [5, 5.41) is 10.6. The van der Waals surface area contributed by atoms with Crippen molar-refractivity contribution in [2.45, 2.75) is 412 Å². The number of aliphatic hydroxyl groups is 1. The smallest absolute Gasteiger partial charge is 0.462 e. The van der Waals surface area contributed by atoms with Crippen LogP contribution in [0.3, 0.4) is 0 Å². The number of ether oxygens (including phenoxy) is 4. The molecule has 0 heterocycles. The molecule has 0 amide bonds. The molecule has 0 radical (unpaired) electrons. The zero-order valence-corrected chi connectivity index (χ0v) is 62.0. The van der Waals surface area contributed by atoms with Gasteiger partial charge < -0.3 is 33.8 Å². The van der Waals surface area contributed by atoms with Gasteiger partial charge in [0.1, 0.15) is 19.3 Å². The van der Waals surface area contributed by atoms with E-state index in [9.17, 15) is 43.2 Å². The Morgan fingerprint density at radius 1 is 0.258 bits per heavy atom. The Bertz CT molecular complexity index is 1770. The number of rotatable bonds is 75. The minimum atomic E-state index is -4.95. The first-order chi connectivity index (χ1) is 45.2. The Hall–Kier alpha value is -1.94. The zero-order valence-electron chi connectivity index (χ0n) is 60.2. The van der Waals surface area contributed by atoms with Crippen LogP contribution in [0.5, 0.6) is 0 Å². The fourth-order valence-corrected chi connectivity index (χ4v) is 13.0. The molecule has 0 bridgehead atoms. The molecule has 0 fully saturated rings. The van der Waals surface area contributed by atoms with Gasteiger partial charge in [-0.05, 0) is 25.7 Å². The van der Waals surface area contributed by atoms with E-state index in [0.717, 1.165) is 89.9 Å². The average Bonchev–Trinajstić information content (AvgIpc) is 2.85. The standard InChI is InChI=1S/C74H144O17P2/c1-5-9-13-17-21-25-28-31-34-35-36-39-42-45-49-53-57-61-74(79)91-70(65-85-72(77)59-55-51-47-43-40-37-32-29-26-22-18-14-10-6-2)67-89-93(82,83)87-63-68(75)62-86-92(80,81)88-66-69(64-84-71(76)58-54-50-46-24-20-16-12-8-4)90-73(78)60-56-52-48-44-41-38-33-30-27-23-19-15-11-7-3/h68-70,75H,5-67H2,1-4H3,(H,80,81)(H,82,83)/t68-,69+,70+/m0/s1.